The number of carboxylic acids is 1. The molecule has 0 atom stereocenters. The van der Waals surface area contributed by atoms with Crippen molar-refractivity contribution in [1.29, 1.82) is 0 Å². The van der Waals surface area contributed by atoms with E-state index in [4.69, 9.17) is 19.0 Å². The Balaban J connectivity index is 2.16. The molecule has 0 fully saturated rings. The summed E-state index contributed by atoms with van der Waals surface area (Å²) in [6.45, 7) is 0.924. The van der Waals surface area contributed by atoms with Crippen LogP contribution in [0.25, 0.3) is 11.0 Å². The summed E-state index contributed by atoms with van der Waals surface area (Å²) < 4.78 is 55.6. The Hall–Kier alpha value is -3.49. The van der Waals surface area contributed by atoms with E-state index >= 15 is 0 Å². The zero-order valence-corrected chi connectivity index (χ0v) is 14.4. The number of aliphatic carboxylic acids is 1. The third-order valence-electron chi connectivity index (χ3n) is 3.75. The van der Waals surface area contributed by atoms with Crippen molar-refractivity contribution in [3.8, 4) is 17.2 Å². The first-order valence-corrected chi connectivity index (χ1v) is 7.93. The lowest BCUT2D eigenvalue weighted by Gasteiger charge is -2.14. The molecule has 0 bridgehead atoms. The first kappa shape index (κ1) is 19.3. The zero-order chi connectivity index (χ0) is 20.5. The summed E-state index contributed by atoms with van der Waals surface area (Å²) in [5.41, 5.74) is -0.883. The van der Waals surface area contributed by atoms with E-state index in [0.717, 1.165) is 6.07 Å². The van der Waals surface area contributed by atoms with Gasteiger partial charge >= 0.3 is 12.1 Å². The molecule has 28 heavy (non-hydrogen) atoms. The van der Waals surface area contributed by atoms with E-state index in [2.05, 4.69) is 0 Å². The fourth-order valence-corrected chi connectivity index (χ4v) is 2.45. The standard InChI is InChI=1S/C19H13F3O6/c1-10-4-2-3-5-13(10)27-17-16(25)12-7-6-11(26-9-15(23)24)8-14(12)28-18(17)19(20,21)22/h2-8H,9H2,1H3,(H,23,24). The second-order valence-electron chi connectivity index (χ2n) is 5.80. The number of aryl methyl sites for hydroxylation is 1. The lowest BCUT2D eigenvalue weighted by molar-refractivity contribution is -0.154. The lowest BCUT2D eigenvalue weighted by Crippen LogP contribution is -2.16. The average Bonchev–Trinajstić information content (AvgIpc) is 2.62. The molecule has 0 saturated heterocycles. The van der Waals surface area contributed by atoms with Gasteiger partial charge in [-0.05, 0) is 30.7 Å². The predicted molar refractivity (Wildman–Crippen MR) is 91.9 cm³/mol. The van der Waals surface area contributed by atoms with Gasteiger partial charge in [0.15, 0.2) is 6.61 Å². The van der Waals surface area contributed by atoms with Crippen LogP contribution in [0.1, 0.15) is 11.3 Å². The Bertz CT molecular complexity index is 1100. The number of alkyl halides is 3. The molecule has 146 valence electrons. The summed E-state index contributed by atoms with van der Waals surface area (Å²) >= 11 is 0. The number of ether oxygens (including phenoxy) is 2. The number of hydrogen-bond donors (Lipinski definition) is 1. The molecule has 0 amide bonds. The highest BCUT2D eigenvalue weighted by molar-refractivity contribution is 5.80. The van der Waals surface area contributed by atoms with Crippen molar-refractivity contribution in [2.45, 2.75) is 13.1 Å². The van der Waals surface area contributed by atoms with Crippen molar-refractivity contribution in [3.05, 3.63) is 64.0 Å². The minimum atomic E-state index is -5.00. The van der Waals surface area contributed by atoms with Crippen LogP contribution in [0, 0.1) is 6.92 Å². The molecule has 3 aromatic rings. The number of para-hydroxylation sites is 1. The molecule has 0 spiro atoms. The molecular weight excluding hydrogens is 381 g/mol. The van der Waals surface area contributed by atoms with Crippen LogP contribution in [0.4, 0.5) is 13.2 Å². The maximum absolute atomic E-state index is 13.5. The second kappa shape index (κ2) is 7.26. The average molecular weight is 394 g/mol. The van der Waals surface area contributed by atoms with Crippen molar-refractivity contribution in [2.75, 3.05) is 6.61 Å². The molecule has 0 radical (unpaired) electrons. The van der Waals surface area contributed by atoms with Crippen LogP contribution in [0.3, 0.4) is 0 Å². The minimum Gasteiger partial charge on any atom is -0.482 e. The second-order valence-corrected chi connectivity index (χ2v) is 5.80. The monoisotopic (exact) mass is 394 g/mol. The van der Waals surface area contributed by atoms with E-state index in [1.165, 1.54) is 18.2 Å². The molecule has 1 heterocycles. The highest BCUT2D eigenvalue weighted by Crippen LogP contribution is 2.39. The maximum Gasteiger partial charge on any atom is 0.453 e. The van der Waals surface area contributed by atoms with Crippen LogP contribution in [0.15, 0.2) is 51.7 Å². The van der Waals surface area contributed by atoms with Crippen LogP contribution < -0.4 is 14.9 Å². The number of carbonyl (C=O) groups is 1. The topological polar surface area (TPSA) is 86.0 Å². The summed E-state index contributed by atoms with van der Waals surface area (Å²) in [5, 5.41) is 8.45. The first-order valence-electron chi connectivity index (χ1n) is 7.93. The number of rotatable bonds is 5. The van der Waals surface area contributed by atoms with E-state index in [1.807, 2.05) is 0 Å². The fraction of sp³-hybridized carbons (Fsp3) is 0.158. The number of hydrogen-bond acceptors (Lipinski definition) is 5. The van der Waals surface area contributed by atoms with Crippen LogP contribution in [0.5, 0.6) is 17.2 Å². The third kappa shape index (κ3) is 3.93. The molecule has 6 nitrogen and oxygen atoms in total. The number of fused-ring (bicyclic) bond motifs is 1. The van der Waals surface area contributed by atoms with E-state index in [-0.39, 0.29) is 16.9 Å². The van der Waals surface area contributed by atoms with E-state index in [0.29, 0.717) is 5.56 Å². The molecule has 1 aromatic heterocycles. The van der Waals surface area contributed by atoms with Gasteiger partial charge in [0.25, 0.3) is 5.76 Å². The van der Waals surface area contributed by atoms with Crippen LogP contribution >= 0.6 is 0 Å². The van der Waals surface area contributed by atoms with Gasteiger partial charge in [-0.3, -0.25) is 4.79 Å². The number of benzene rings is 2. The van der Waals surface area contributed by atoms with Crippen molar-refractivity contribution >= 4 is 16.9 Å². The van der Waals surface area contributed by atoms with Gasteiger partial charge < -0.3 is 19.0 Å². The Morgan fingerprint density at radius 1 is 1.18 bits per heavy atom. The van der Waals surface area contributed by atoms with E-state index in [1.54, 1.807) is 25.1 Å². The fourth-order valence-electron chi connectivity index (χ4n) is 2.45. The van der Waals surface area contributed by atoms with Gasteiger partial charge in [-0.15, -0.1) is 0 Å². The van der Waals surface area contributed by atoms with Crippen LogP contribution in [-0.2, 0) is 11.0 Å². The molecule has 3 rings (SSSR count). The molecule has 9 heteroatoms. The molecule has 0 aliphatic rings. The van der Waals surface area contributed by atoms with Gasteiger partial charge in [-0.25, -0.2) is 4.79 Å². The first-order chi connectivity index (χ1) is 13.2. The Morgan fingerprint density at radius 3 is 2.54 bits per heavy atom. The zero-order valence-electron chi connectivity index (χ0n) is 14.4. The summed E-state index contributed by atoms with van der Waals surface area (Å²) in [7, 11) is 0. The third-order valence-corrected chi connectivity index (χ3v) is 3.75. The quantitative estimate of drug-likeness (QED) is 0.691. The van der Waals surface area contributed by atoms with E-state index < -0.39 is 41.3 Å². The maximum atomic E-state index is 13.5. The smallest absolute Gasteiger partial charge is 0.453 e. The Labute approximate surface area is 155 Å². The lowest BCUT2D eigenvalue weighted by atomic mass is 10.2. The normalized spacial score (nSPS) is 11.4. The molecule has 0 aliphatic carbocycles. The molecule has 0 saturated carbocycles. The largest absolute Gasteiger partial charge is 0.482 e. The Morgan fingerprint density at radius 2 is 1.89 bits per heavy atom. The van der Waals surface area contributed by atoms with Gasteiger partial charge in [-0.2, -0.15) is 13.2 Å². The SMILES string of the molecule is Cc1ccccc1Oc1c(C(F)(F)F)oc2cc(OCC(=O)O)ccc2c1=O. The van der Waals surface area contributed by atoms with Gasteiger partial charge in [0.1, 0.15) is 17.1 Å². The predicted octanol–water partition coefficient (Wildman–Crippen LogP) is 4.38. The van der Waals surface area contributed by atoms with Crippen molar-refractivity contribution in [2.24, 2.45) is 0 Å². The van der Waals surface area contributed by atoms with E-state index in [9.17, 15) is 22.8 Å². The summed E-state index contributed by atoms with van der Waals surface area (Å²) in [5.74, 6) is -3.81. The molecule has 0 aliphatic heterocycles. The van der Waals surface area contributed by atoms with Crippen molar-refractivity contribution < 1.29 is 37.0 Å². The Kier molecular flexibility index (Phi) is 5.00. The summed E-state index contributed by atoms with van der Waals surface area (Å²) in [4.78, 5) is 23.2. The van der Waals surface area contributed by atoms with Crippen LogP contribution in [0.2, 0.25) is 0 Å². The van der Waals surface area contributed by atoms with Crippen molar-refractivity contribution in [1.82, 2.24) is 0 Å². The van der Waals surface area contributed by atoms with Gasteiger partial charge in [0.2, 0.25) is 11.2 Å². The van der Waals surface area contributed by atoms with Gasteiger partial charge in [0.05, 0.1) is 5.39 Å². The molecule has 1 N–H and O–H groups in total. The number of carboxylic acid groups (broad SMARTS) is 1. The highest BCUT2D eigenvalue weighted by atomic mass is 19.4. The molecule has 2 aromatic carbocycles. The van der Waals surface area contributed by atoms with Gasteiger partial charge in [-0.1, -0.05) is 18.2 Å². The molecular formula is C19H13F3O6. The molecule has 0 unspecified atom stereocenters. The van der Waals surface area contributed by atoms with Gasteiger partial charge in [0, 0.05) is 6.07 Å². The minimum absolute atomic E-state index is 0.0567. The highest BCUT2D eigenvalue weighted by Gasteiger charge is 2.40. The van der Waals surface area contributed by atoms with Crippen LogP contribution in [-0.4, -0.2) is 17.7 Å². The summed E-state index contributed by atoms with van der Waals surface area (Å²) in [6, 6.07) is 9.75. The summed E-state index contributed by atoms with van der Waals surface area (Å²) in [6.07, 6.45) is -5.00. The number of halogens is 3. The van der Waals surface area contributed by atoms with Crippen molar-refractivity contribution in [3.63, 3.8) is 0 Å².